The highest BCUT2D eigenvalue weighted by atomic mass is 15.3. The second-order valence-electron chi connectivity index (χ2n) is 30.9. The third kappa shape index (κ3) is 8.40. The van der Waals surface area contributed by atoms with Gasteiger partial charge in [-0.15, -0.1) is 0 Å². The lowest BCUT2D eigenvalue weighted by atomic mass is 9.33. The molecule has 13 rings (SSSR count). The molecule has 1 fully saturated rings. The highest BCUT2D eigenvalue weighted by molar-refractivity contribution is 7.00. The number of anilines is 8. The van der Waals surface area contributed by atoms with Crippen molar-refractivity contribution in [2.45, 2.75) is 189 Å². The third-order valence-electron chi connectivity index (χ3n) is 20.3. The molecule has 2 aliphatic carbocycles. The largest absolute Gasteiger partial charge is 0.334 e. The van der Waals surface area contributed by atoms with E-state index in [2.05, 4.69) is 284 Å². The summed E-state index contributed by atoms with van der Waals surface area (Å²) in [5.41, 5.74) is 30.6. The van der Waals surface area contributed by atoms with Gasteiger partial charge < -0.3 is 14.7 Å². The first-order valence-electron chi connectivity index (χ1n) is 31.0. The van der Waals surface area contributed by atoms with Gasteiger partial charge in [0.1, 0.15) is 0 Å². The zero-order chi connectivity index (χ0) is 58.0. The van der Waals surface area contributed by atoms with Gasteiger partial charge in [0.05, 0.1) is 11.2 Å². The fourth-order valence-electron chi connectivity index (χ4n) is 15.9. The Hall–Kier alpha value is -6.78. The molecule has 0 bridgehead atoms. The van der Waals surface area contributed by atoms with Crippen molar-refractivity contribution in [3.05, 3.63) is 207 Å². The first-order chi connectivity index (χ1) is 38.6. The molecule has 8 aromatic carbocycles. The van der Waals surface area contributed by atoms with Crippen molar-refractivity contribution in [1.29, 1.82) is 0 Å². The molecule has 418 valence electrons. The van der Waals surface area contributed by atoms with E-state index in [0.29, 0.717) is 0 Å². The van der Waals surface area contributed by atoms with Gasteiger partial charge in [-0.25, -0.2) is 0 Å². The number of hydrogen-bond acceptors (Lipinski definition) is 3. The molecule has 2 unspecified atom stereocenters. The van der Waals surface area contributed by atoms with Crippen molar-refractivity contribution in [3.8, 4) is 11.1 Å². The van der Waals surface area contributed by atoms with E-state index >= 15 is 0 Å². The van der Waals surface area contributed by atoms with Crippen LogP contribution >= 0.6 is 0 Å². The predicted octanol–water partition coefficient (Wildman–Crippen LogP) is 19.1. The summed E-state index contributed by atoms with van der Waals surface area (Å²) < 4.78 is 0. The molecule has 3 aliphatic heterocycles. The summed E-state index contributed by atoms with van der Waals surface area (Å²) >= 11 is 0. The molecule has 82 heavy (non-hydrogen) atoms. The van der Waals surface area contributed by atoms with E-state index in [0.717, 1.165) is 25.7 Å². The third-order valence-corrected chi connectivity index (χ3v) is 20.3. The van der Waals surface area contributed by atoms with Crippen LogP contribution in [0.15, 0.2) is 152 Å². The summed E-state index contributed by atoms with van der Waals surface area (Å²) in [4.78, 5) is 8.23. The fraction of sp³-hybridized carbons (Fsp3) is 0.385. The van der Waals surface area contributed by atoms with Crippen molar-refractivity contribution in [3.63, 3.8) is 0 Å². The summed E-state index contributed by atoms with van der Waals surface area (Å²) in [6, 6.07) is 61.4. The lowest BCUT2D eigenvalue weighted by Crippen LogP contribution is -2.61. The van der Waals surface area contributed by atoms with Crippen LogP contribution in [-0.4, -0.2) is 12.3 Å². The second kappa shape index (κ2) is 18.4. The van der Waals surface area contributed by atoms with Crippen molar-refractivity contribution < 1.29 is 0 Å². The first-order valence-corrected chi connectivity index (χ1v) is 31.0. The number of hydrogen-bond donors (Lipinski definition) is 0. The number of fused-ring (bicyclic) bond motifs is 8. The minimum Gasteiger partial charge on any atom is -0.334 e. The van der Waals surface area contributed by atoms with Crippen molar-refractivity contribution in [2.75, 3.05) is 14.7 Å². The van der Waals surface area contributed by atoms with E-state index in [4.69, 9.17) is 0 Å². The van der Waals surface area contributed by atoms with E-state index in [-0.39, 0.29) is 44.7 Å². The summed E-state index contributed by atoms with van der Waals surface area (Å²) in [7, 11) is 0. The second-order valence-corrected chi connectivity index (χ2v) is 30.9. The molecule has 0 N–H and O–H groups in total. The van der Waals surface area contributed by atoms with E-state index in [9.17, 15) is 0 Å². The standard InChI is InChI=1S/C78H88BN3/c1-49-39-69-71-70(40-49)81(65-35-30-57(74(9,10)11)44-60(65)51-23-19-18-20-24-51)67-43-53-48-76(15,16)47-52(53)42-63(67)79(71)62-33-32-59(46-68(62)80(69)64-34-29-56(41-50(64)2)73(6,7)8)82-66-36-31-58(75(12,13)14)45-61(66)78(38-22-21-37-77(78,82)17)55-27-25-54(26-28-55)72(3,4)5/h18-20,23-36,39-46H,21-22,37-38,47-48H2,1-17H3. The molecule has 0 aromatic heterocycles. The number of benzene rings is 8. The van der Waals surface area contributed by atoms with Crippen LogP contribution in [0.2, 0.25) is 0 Å². The maximum absolute atomic E-state index is 2.84. The highest BCUT2D eigenvalue weighted by Crippen LogP contribution is 2.64. The monoisotopic (exact) mass is 1080 g/mol. The van der Waals surface area contributed by atoms with E-state index < -0.39 is 0 Å². The van der Waals surface area contributed by atoms with Crippen LogP contribution in [0.25, 0.3) is 11.1 Å². The van der Waals surface area contributed by atoms with Gasteiger partial charge in [0, 0.05) is 50.8 Å². The van der Waals surface area contributed by atoms with Crippen LogP contribution in [-0.2, 0) is 39.9 Å². The Morgan fingerprint density at radius 1 is 0.439 bits per heavy atom. The first kappa shape index (κ1) is 54.5. The van der Waals surface area contributed by atoms with Gasteiger partial charge in [-0.3, -0.25) is 0 Å². The molecule has 2 atom stereocenters. The Kier molecular flexibility index (Phi) is 12.2. The average Bonchev–Trinajstić information content (AvgIpc) is 3.70. The molecule has 5 aliphatic rings. The topological polar surface area (TPSA) is 9.72 Å². The van der Waals surface area contributed by atoms with Crippen LogP contribution in [0.1, 0.15) is 185 Å². The number of aryl methyl sites for hydroxylation is 2. The molecular weight excluding hydrogens is 990 g/mol. The quantitative estimate of drug-likeness (QED) is 0.159. The van der Waals surface area contributed by atoms with E-state index in [1.807, 2.05) is 0 Å². The van der Waals surface area contributed by atoms with Gasteiger partial charge >= 0.3 is 0 Å². The van der Waals surface area contributed by atoms with Gasteiger partial charge in [0.25, 0.3) is 6.71 Å². The van der Waals surface area contributed by atoms with E-state index in [1.165, 1.54) is 141 Å². The zero-order valence-corrected chi connectivity index (χ0v) is 52.6. The smallest absolute Gasteiger partial charge is 0.252 e. The molecule has 4 heteroatoms. The molecular formula is C78H88BN3. The Morgan fingerprint density at radius 2 is 0.976 bits per heavy atom. The molecule has 0 amide bonds. The maximum atomic E-state index is 2.84. The van der Waals surface area contributed by atoms with Crippen molar-refractivity contribution in [2.24, 2.45) is 5.41 Å². The van der Waals surface area contributed by atoms with E-state index in [1.54, 1.807) is 0 Å². The van der Waals surface area contributed by atoms with Gasteiger partial charge in [-0.2, -0.15) is 0 Å². The highest BCUT2D eigenvalue weighted by Gasteiger charge is 2.61. The molecule has 3 nitrogen and oxygen atoms in total. The molecule has 1 saturated carbocycles. The minimum atomic E-state index is -0.239. The van der Waals surface area contributed by atoms with Crippen LogP contribution in [0.5, 0.6) is 0 Å². The minimum absolute atomic E-state index is 0.000220. The Balaban J connectivity index is 1.09. The van der Waals surface area contributed by atoms with Crippen molar-refractivity contribution in [1.82, 2.24) is 0 Å². The van der Waals surface area contributed by atoms with Crippen molar-refractivity contribution >= 4 is 68.6 Å². The molecule has 0 spiro atoms. The molecule has 3 heterocycles. The van der Waals surface area contributed by atoms with Crippen LogP contribution in [0, 0.1) is 19.3 Å². The van der Waals surface area contributed by atoms with Crippen LogP contribution in [0.4, 0.5) is 45.5 Å². The summed E-state index contributed by atoms with van der Waals surface area (Å²) in [5, 5.41) is 0. The lowest BCUT2D eigenvalue weighted by Gasteiger charge is -2.52. The van der Waals surface area contributed by atoms with Gasteiger partial charge in [-0.1, -0.05) is 207 Å². The summed E-state index contributed by atoms with van der Waals surface area (Å²) in [5.74, 6) is 0. The normalized spacial score (nSPS) is 19.8. The van der Waals surface area contributed by atoms with Gasteiger partial charge in [-0.05, 0) is 206 Å². The maximum Gasteiger partial charge on any atom is 0.252 e. The van der Waals surface area contributed by atoms with Gasteiger partial charge in [0.15, 0.2) is 0 Å². The van der Waals surface area contributed by atoms with Crippen LogP contribution in [0.3, 0.4) is 0 Å². The lowest BCUT2D eigenvalue weighted by molar-refractivity contribution is 0.215. The summed E-state index contributed by atoms with van der Waals surface area (Å²) in [6.07, 6.45) is 6.76. The molecule has 8 aromatic rings. The number of nitrogens with zero attached hydrogens (tertiary/aromatic N) is 3. The fourth-order valence-corrected chi connectivity index (χ4v) is 15.9. The number of rotatable bonds is 5. The SMILES string of the molecule is Cc1cc2c3c(c1)N(c1ccc(C(C)(C)C)cc1-c1ccccc1)c1cc4c(cc1B3c1ccc(N3c5ccc(C(C)(C)C)cc5C5(c6ccc(C(C)(C)C)cc6)CCCCC35C)cc1N2c1ccc(C(C)(C)C)cc1C)CC(C)(C)C4. The molecule has 0 saturated heterocycles. The summed E-state index contributed by atoms with van der Waals surface area (Å²) in [6.45, 7) is 40.5. The molecule has 0 radical (unpaired) electrons. The Bertz CT molecular complexity index is 3890. The predicted molar refractivity (Wildman–Crippen MR) is 354 cm³/mol. The average molecular weight is 1080 g/mol. The Morgan fingerprint density at radius 3 is 1.60 bits per heavy atom. The van der Waals surface area contributed by atoms with Crippen LogP contribution < -0.4 is 31.1 Å². The zero-order valence-electron chi connectivity index (χ0n) is 52.6. The van der Waals surface area contributed by atoms with Gasteiger partial charge in [0.2, 0.25) is 0 Å². The Labute approximate surface area is 493 Å².